The van der Waals surface area contributed by atoms with Crippen LogP contribution in [-0.2, 0) is 47.6 Å². The van der Waals surface area contributed by atoms with E-state index >= 15 is 0 Å². The lowest BCUT2D eigenvalue weighted by Gasteiger charge is -2.42. The number of aromatic hydroxyl groups is 2. The van der Waals surface area contributed by atoms with Gasteiger partial charge in [-0.25, -0.2) is 14.4 Å². The molecule has 0 radical (unpaired) electrons. The molecular formula is C49H62O21. The van der Waals surface area contributed by atoms with Crippen LogP contribution in [0, 0.1) is 0 Å². The average Bonchev–Trinajstić information content (AvgIpc) is 3.31. The van der Waals surface area contributed by atoms with Crippen molar-refractivity contribution < 1.29 is 104 Å². The van der Waals surface area contributed by atoms with Crippen molar-refractivity contribution in [1.82, 2.24) is 0 Å². The summed E-state index contributed by atoms with van der Waals surface area (Å²) in [5.41, 5.74) is 0.0293. The summed E-state index contributed by atoms with van der Waals surface area (Å²) in [5.74, 6) is -4.21. The number of ketones is 1. The number of rotatable bonds is 18. The quantitative estimate of drug-likeness (QED) is 0.0304. The predicted octanol–water partition coefficient (Wildman–Crippen LogP) is 0.0305. The summed E-state index contributed by atoms with van der Waals surface area (Å²) in [4.78, 5) is 50.9. The van der Waals surface area contributed by atoms with E-state index < -0.39 is 141 Å². The predicted molar refractivity (Wildman–Crippen MR) is 244 cm³/mol. The molecule has 14 atom stereocenters. The molecule has 384 valence electrons. The van der Waals surface area contributed by atoms with Gasteiger partial charge in [-0.15, -0.1) is 0 Å². The first-order valence-electron chi connectivity index (χ1n) is 22.0. The molecule has 3 aliphatic rings. The number of phenolic OH excluding ortho intramolecular Hbond substituents is 2. The van der Waals surface area contributed by atoms with Gasteiger partial charge < -0.3 is 84.6 Å². The van der Waals surface area contributed by atoms with Crippen LogP contribution in [0.25, 0.3) is 6.08 Å². The maximum atomic E-state index is 13.1. The van der Waals surface area contributed by atoms with Crippen LogP contribution in [0.1, 0.15) is 53.0 Å². The maximum absolute atomic E-state index is 13.1. The van der Waals surface area contributed by atoms with E-state index in [-0.39, 0.29) is 16.9 Å². The van der Waals surface area contributed by atoms with Gasteiger partial charge in [-0.2, -0.15) is 0 Å². The SMILES string of the molecule is CC(=O)[C@@]1(O)C[C@H](O)[C@@H](OC(=O)/C(C)=C/C=C/C(C)=C/C=C/C=C(C)\C=C\C=C(/C)C(=O)O[C@@H]2OC(CO[C@@H]3OC(CO)[C@@H](O)[C@H](O)C3O)[C@@H](O)[C@H](O)C2O)[C@H](OC(=O)/C=C/c2ccc(O)c(O)c2)C1. The first-order valence-corrected chi connectivity index (χ1v) is 22.0. The molecule has 4 rings (SSSR count). The third-order valence-electron chi connectivity index (χ3n) is 11.5. The van der Waals surface area contributed by atoms with Gasteiger partial charge in [-0.05, 0) is 58.4 Å². The summed E-state index contributed by atoms with van der Waals surface area (Å²) in [6, 6.07) is 3.82. The van der Waals surface area contributed by atoms with Crippen molar-refractivity contribution in [2.45, 2.75) is 133 Å². The first kappa shape index (κ1) is 56.9. The molecule has 21 heteroatoms. The van der Waals surface area contributed by atoms with E-state index in [2.05, 4.69) is 0 Å². The second-order valence-corrected chi connectivity index (χ2v) is 17.1. The van der Waals surface area contributed by atoms with Crippen molar-refractivity contribution >= 4 is 29.8 Å². The third kappa shape index (κ3) is 15.7. The van der Waals surface area contributed by atoms with Crippen LogP contribution in [0.5, 0.6) is 11.5 Å². The Morgan fingerprint density at radius 2 is 1.19 bits per heavy atom. The van der Waals surface area contributed by atoms with Gasteiger partial charge in [0.05, 0.1) is 19.3 Å². The van der Waals surface area contributed by atoms with Gasteiger partial charge in [0.2, 0.25) is 6.29 Å². The number of allylic oxidation sites excluding steroid dienone is 12. The number of ether oxygens (including phenoxy) is 6. The van der Waals surface area contributed by atoms with E-state index in [4.69, 9.17) is 28.4 Å². The Labute approximate surface area is 403 Å². The molecule has 3 fully saturated rings. The molecule has 1 saturated carbocycles. The normalized spacial score (nSPS) is 32.7. The Bertz CT molecular complexity index is 2250. The number of phenols is 2. The number of benzene rings is 1. The van der Waals surface area contributed by atoms with Gasteiger partial charge in [-0.1, -0.05) is 78.0 Å². The Balaban J connectivity index is 1.28. The molecule has 11 N–H and O–H groups in total. The average molecular weight is 987 g/mol. The number of esters is 3. The zero-order chi connectivity index (χ0) is 52.0. The first-order chi connectivity index (χ1) is 33.0. The van der Waals surface area contributed by atoms with Crippen molar-refractivity contribution in [2.24, 2.45) is 0 Å². The highest BCUT2D eigenvalue weighted by Crippen LogP contribution is 2.34. The van der Waals surface area contributed by atoms with Crippen molar-refractivity contribution in [3.8, 4) is 11.5 Å². The maximum Gasteiger partial charge on any atom is 0.336 e. The Hall–Kier alpha value is -5.66. The summed E-state index contributed by atoms with van der Waals surface area (Å²) < 4.78 is 32.4. The molecule has 70 heavy (non-hydrogen) atoms. The molecule has 0 bridgehead atoms. The van der Waals surface area contributed by atoms with E-state index in [1.165, 1.54) is 50.3 Å². The van der Waals surface area contributed by atoms with Gasteiger partial charge in [0.1, 0.15) is 60.5 Å². The van der Waals surface area contributed by atoms with Gasteiger partial charge in [0, 0.05) is 30.1 Å². The molecular weight excluding hydrogens is 925 g/mol. The lowest BCUT2D eigenvalue weighted by atomic mass is 9.77. The second kappa shape index (κ2) is 26.0. The van der Waals surface area contributed by atoms with Gasteiger partial charge >= 0.3 is 17.9 Å². The molecule has 0 aromatic heterocycles. The fraction of sp³-hybridized carbons (Fsp3) is 0.469. The number of hydrogen-bond acceptors (Lipinski definition) is 21. The number of hydrogen-bond donors (Lipinski definition) is 11. The second-order valence-electron chi connectivity index (χ2n) is 17.1. The third-order valence-corrected chi connectivity index (χ3v) is 11.5. The van der Waals surface area contributed by atoms with Crippen molar-refractivity contribution in [2.75, 3.05) is 13.2 Å². The number of Topliss-reactive ketones (excluding diaryl/α,β-unsaturated/α-hetero) is 1. The molecule has 1 aliphatic carbocycles. The molecule has 0 spiro atoms. The van der Waals surface area contributed by atoms with Crippen LogP contribution in [-0.4, -0.2) is 178 Å². The lowest BCUT2D eigenvalue weighted by molar-refractivity contribution is -0.326. The molecule has 0 amide bonds. The molecule has 1 aromatic carbocycles. The van der Waals surface area contributed by atoms with Gasteiger partial charge in [0.15, 0.2) is 29.7 Å². The largest absolute Gasteiger partial charge is 0.504 e. The van der Waals surface area contributed by atoms with Crippen molar-refractivity contribution in [1.29, 1.82) is 0 Å². The monoisotopic (exact) mass is 986 g/mol. The number of aliphatic hydroxyl groups excluding tert-OH is 8. The minimum atomic E-state index is -2.05. The van der Waals surface area contributed by atoms with E-state index in [9.17, 15) is 75.3 Å². The lowest BCUT2D eigenvalue weighted by Crippen LogP contribution is -2.61. The van der Waals surface area contributed by atoms with Crippen molar-refractivity contribution in [3.05, 3.63) is 113 Å². The number of carbonyl (C=O) groups is 4. The van der Waals surface area contributed by atoms with Gasteiger partial charge in [0.25, 0.3) is 0 Å². The summed E-state index contributed by atoms with van der Waals surface area (Å²) >= 11 is 0. The standard InChI is InChI=1S/C49H62O21/c1-25(12-8-14-27(3)45(62)69-44-33(54)21-49(64,29(5)51)22-34(44)66-37(55)19-17-30-16-18-31(52)32(53)20-30)10-6-7-11-26(2)13-9-15-28(4)46(63)70-48-43(61)41(59)39(57)36(68-48)24-65-47-42(60)40(58)38(56)35(23-50)67-47/h6-20,33-36,38-44,47-48,50,52-54,56-61,64H,21-24H2,1-5H3/b7-6+,12-8+,13-9+,19-17+,25-10+,26-11-,27-14+,28-15+/t33-,34+,35?,36?,38+,39+,40-,41-,42?,43?,44+,47+,48-,49+/m0/s1. The summed E-state index contributed by atoms with van der Waals surface area (Å²) in [6.45, 7) is 6.30. The van der Waals surface area contributed by atoms with Gasteiger partial charge in [-0.3, -0.25) is 4.79 Å². The summed E-state index contributed by atoms with van der Waals surface area (Å²) in [6.07, 6.45) is -3.18. The zero-order valence-electron chi connectivity index (χ0n) is 39.0. The molecule has 2 saturated heterocycles. The molecule has 2 heterocycles. The van der Waals surface area contributed by atoms with E-state index in [0.717, 1.165) is 24.1 Å². The summed E-state index contributed by atoms with van der Waals surface area (Å²) in [5, 5.41) is 112. The van der Waals surface area contributed by atoms with E-state index in [1.807, 2.05) is 0 Å². The van der Waals surface area contributed by atoms with Crippen molar-refractivity contribution in [3.63, 3.8) is 0 Å². The fourth-order valence-electron chi connectivity index (χ4n) is 7.10. The Morgan fingerprint density at radius 1 is 0.643 bits per heavy atom. The Kier molecular flexibility index (Phi) is 21.1. The highest BCUT2D eigenvalue weighted by molar-refractivity contribution is 5.90. The zero-order valence-corrected chi connectivity index (χ0v) is 39.0. The van der Waals surface area contributed by atoms with Crippen LogP contribution < -0.4 is 0 Å². The van der Waals surface area contributed by atoms with E-state index in [1.54, 1.807) is 62.5 Å². The fourth-order valence-corrected chi connectivity index (χ4v) is 7.10. The molecule has 1 aromatic rings. The highest BCUT2D eigenvalue weighted by Gasteiger charge is 2.51. The number of aliphatic hydroxyl groups is 9. The summed E-state index contributed by atoms with van der Waals surface area (Å²) in [7, 11) is 0. The topological polar surface area (TPSA) is 346 Å². The van der Waals surface area contributed by atoms with Crippen LogP contribution >= 0.6 is 0 Å². The van der Waals surface area contributed by atoms with E-state index in [0.29, 0.717) is 5.56 Å². The minimum absolute atomic E-state index is 0.0762. The van der Waals surface area contributed by atoms with Crippen LogP contribution in [0.15, 0.2) is 107 Å². The molecule has 21 nitrogen and oxygen atoms in total. The highest BCUT2D eigenvalue weighted by atomic mass is 16.7. The van der Waals surface area contributed by atoms with Crippen LogP contribution in [0.2, 0.25) is 0 Å². The molecule has 2 aliphatic heterocycles. The number of carbonyl (C=O) groups excluding carboxylic acids is 4. The Morgan fingerprint density at radius 3 is 1.74 bits per heavy atom. The smallest absolute Gasteiger partial charge is 0.336 e. The molecule has 4 unspecified atom stereocenters. The van der Waals surface area contributed by atoms with Crippen LogP contribution in [0.3, 0.4) is 0 Å². The van der Waals surface area contributed by atoms with Crippen LogP contribution in [0.4, 0.5) is 0 Å². The minimum Gasteiger partial charge on any atom is -0.504 e.